The van der Waals surface area contributed by atoms with Crippen molar-refractivity contribution in [3.8, 4) is 11.5 Å². The van der Waals surface area contributed by atoms with Gasteiger partial charge < -0.3 is 28.7 Å². The van der Waals surface area contributed by atoms with Crippen LogP contribution in [0.4, 0.5) is 0 Å². The Morgan fingerprint density at radius 2 is 1.81 bits per heavy atom. The highest BCUT2D eigenvalue weighted by molar-refractivity contribution is 6.04. The molecule has 2 heterocycles. The standard InChI is InChI=1S/C34H37NO8/c1-6-40-12-13-42-34(38)30-20(4)35-25-15-22(21-9-11-28(41-7-2)29(17-21)39-5)16-26(36)32(25)31(30)24-18-43-27-10-8-19(3)14-23(27)33(24)37/h8-11,14,17-18,22,31,35H,6-7,12-13,15-16H2,1-5H3/t22-,31+/m1/s1. The Labute approximate surface area is 250 Å². The van der Waals surface area contributed by atoms with Crippen molar-refractivity contribution >= 4 is 22.7 Å². The van der Waals surface area contributed by atoms with Crippen LogP contribution in [0.3, 0.4) is 0 Å². The zero-order chi connectivity index (χ0) is 30.7. The van der Waals surface area contributed by atoms with Gasteiger partial charge in [0.15, 0.2) is 22.7 Å². The lowest BCUT2D eigenvalue weighted by Gasteiger charge is -2.36. The molecule has 3 aromatic rings. The molecule has 0 amide bonds. The number of hydrogen-bond acceptors (Lipinski definition) is 9. The second-order valence-electron chi connectivity index (χ2n) is 10.7. The largest absolute Gasteiger partial charge is 0.493 e. The molecule has 0 spiro atoms. The second-order valence-corrected chi connectivity index (χ2v) is 10.7. The normalized spacial score (nSPS) is 18.4. The molecule has 43 heavy (non-hydrogen) atoms. The highest BCUT2D eigenvalue weighted by Crippen LogP contribution is 2.46. The van der Waals surface area contributed by atoms with Gasteiger partial charge in [0.2, 0.25) is 0 Å². The number of methoxy groups -OCH3 is 1. The molecule has 9 nitrogen and oxygen atoms in total. The predicted molar refractivity (Wildman–Crippen MR) is 161 cm³/mol. The highest BCUT2D eigenvalue weighted by atomic mass is 16.6. The van der Waals surface area contributed by atoms with E-state index in [-0.39, 0.29) is 47.9 Å². The number of allylic oxidation sites excluding steroid dienone is 3. The summed E-state index contributed by atoms with van der Waals surface area (Å²) in [5, 5.41) is 3.72. The topological polar surface area (TPSA) is 113 Å². The quantitative estimate of drug-likeness (QED) is 0.244. The molecule has 0 unspecified atom stereocenters. The van der Waals surface area contributed by atoms with Crippen LogP contribution in [-0.2, 0) is 19.1 Å². The van der Waals surface area contributed by atoms with E-state index in [0.29, 0.717) is 59.1 Å². The average molecular weight is 588 g/mol. The number of benzene rings is 2. The number of hydrogen-bond donors (Lipinski definition) is 1. The number of nitrogens with one attached hydrogen (secondary N) is 1. The first-order valence-electron chi connectivity index (χ1n) is 14.6. The summed E-state index contributed by atoms with van der Waals surface area (Å²) in [4.78, 5) is 41.5. The summed E-state index contributed by atoms with van der Waals surface area (Å²) in [7, 11) is 1.58. The first kappa shape index (κ1) is 30.1. The maximum atomic E-state index is 14.0. The smallest absolute Gasteiger partial charge is 0.336 e. The third-order valence-electron chi connectivity index (χ3n) is 7.94. The predicted octanol–water partition coefficient (Wildman–Crippen LogP) is 5.45. The van der Waals surface area contributed by atoms with Crippen LogP contribution in [0.5, 0.6) is 11.5 Å². The summed E-state index contributed by atoms with van der Waals surface area (Å²) in [5.74, 6) is -0.634. The van der Waals surface area contributed by atoms with E-state index in [2.05, 4.69) is 5.32 Å². The van der Waals surface area contributed by atoms with Crippen molar-refractivity contribution in [3.63, 3.8) is 0 Å². The number of aryl methyl sites for hydroxylation is 1. The molecule has 226 valence electrons. The van der Waals surface area contributed by atoms with Crippen LogP contribution in [0.15, 0.2) is 74.4 Å². The number of rotatable bonds is 10. The monoisotopic (exact) mass is 587 g/mol. The zero-order valence-electron chi connectivity index (χ0n) is 25.2. The van der Waals surface area contributed by atoms with Crippen LogP contribution in [0.25, 0.3) is 11.0 Å². The maximum Gasteiger partial charge on any atom is 0.336 e. The van der Waals surface area contributed by atoms with Gasteiger partial charge in [-0.1, -0.05) is 17.7 Å². The Hall–Kier alpha value is -4.37. The molecule has 1 aliphatic heterocycles. The lowest BCUT2D eigenvalue weighted by atomic mass is 9.72. The minimum Gasteiger partial charge on any atom is -0.493 e. The number of ether oxygens (including phenoxy) is 4. The molecular weight excluding hydrogens is 550 g/mol. The van der Waals surface area contributed by atoms with Crippen molar-refractivity contribution in [2.24, 2.45) is 0 Å². The van der Waals surface area contributed by atoms with Crippen LogP contribution in [-0.4, -0.2) is 45.3 Å². The molecule has 1 aromatic heterocycles. The summed E-state index contributed by atoms with van der Waals surface area (Å²) in [5.41, 5.74) is 3.98. The molecule has 0 saturated heterocycles. The van der Waals surface area contributed by atoms with E-state index in [1.54, 1.807) is 26.2 Å². The molecule has 5 rings (SSSR count). The molecule has 2 aliphatic rings. The van der Waals surface area contributed by atoms with E-state index in [1.165, 1.54) is 6.26 Å². The van der Waals surface area contributed by atoms with E-state index in [9.17, 15) is 14.4 Å². The fraction of sp³-hybridized carbons (Fsp3) is 0.382. The third-order valence-corrected chi connectivity index (χ3v) is 7.94. The molecule has 0 saturated carbocycles. The Bertz CT molecular complexity index is 1680. The molecular formula is C34H37NO8. The van der Waals surface area contributed by atoms with Crippen molar-refractivity contribution in [3.05, 3.63) is 92.1 Å². The number of Topliss-reactive ketones (excluding diaryl/α,β-unsaturated/α-hetero) is 1. The van der Waals surface area contributed by atoms with E-state index in [0.717, 1.165) is 11.1 Å². The summed E-state index contributed by atoms with van der Waals surface area (Å²) >= 11 is 0. The van der Waals surface area contributed by atoms with Crippen molar-refractivity contribution in [2.45, 2.75) is 52.4 Å². The third kappa shape index (κ3) is 5.95. The SMILES string of the molecule is CCOCCOC(=O)C1=C(C)NC2=C(C(=O)C[C@H](c3ccc(OCC)c(OC)c3)C2)[C@H]1c1coc2ccc(C)cc2c1=O. The van der Waals surface area contributed by atoms with E-state index in [1.807, 2.05) is 45.0 Å². The number of dihydropyridines is 1. The number of carbonyl (C=O) groups is 2. The lowest BCUT2D eigenvalue weighted by Crippen LogP contribution is -2.37. The Morgan fingerprint density at radius 1 is 1.00 bits per heavy atom. The van der Waals surface area contributed by atoms with Gasteiger partial charge in [-0.2, -0.15) is 0 Å². The minimum absolute atomic E-state index is 0.0448. The van der Waals surface area contributed by atoms with Crippen LogP contribution in [0, 0.1) is 6.92 Å². The Morgan fingerprint density at radius 3 is 2.56 bits per heavy atom. The van der Waals surface area contributed by atoms with E-state index < -0.39 is 11.9 Å². The second kappa shape index (κ2) is 12.9. The van der Waals surface area contributed by atoms with Gasteiger partial charge in [0.1, 0.15) is 12.2 Å². The van der Waals surface area contributed by atoms with Crippen LogP contribution in [0.2, 0.25) is 0 Å². The summed E-state index contributed by atoms with van der Waals surface area (Å²) in [6, 6.07) is 11.1. The minimum atomic E-state index is -0.944. The number of carbonyl (C=O) groups excluding carboxylic acids is 2. The molecule has 1 aliphatic carbocycles. The Kier molecular flexibility index (Phi) is 9.01. The van der Waals surface area contributed by atoms with E-state index >= 15 is 0 Å². The fourth-order valence-corrected chi connectivity index (χ4v) is 5.94. The van der Waals surface area contributed by atoms with Gasteiger partial charge >= 0.3 is 5.97 Å². The molecule has 0 bridgehead atoms. The van der Waals surface area contributed by atoms with Gasteiger partial charge in [0, 0.05) is 35.6 Å². The van der Waals surface area contributed by atoms with Gasteiger partial charge in [-0.3, -0.25) is 9.59 Å². The first-order chi connectivity index (χ1) is 20.8. The summed E-state index contributed by atoms with van der Waals surface area (Å²) in [6.45, 7) is 8.70. The van der Waals surface area contributed by atoms with Crippen LogP contribution < -0.4 is 20.2 Å². The molecule has 2 atom stereocenters. The number of esters is 1. The van der Waals surface area contributed by atoms with Crippen LogP contribution in [0.1, 0.15) is 62.1 Å². The summed E-state index contributed by atoms with van der Waals surface area (Å²) in [6.07, 6.45) is 2.06. The van der Waals surface area contributed by atoms with E-state index in [4.69, 9.17) is 23.4 Å². The number of fused-ring (bicyclic) bond motifs is 1. The maximum absolute atomic E-state index is 14.0. The van der Waals surface area contributed by atoms with Crippen LogP contribution >= 0.6 is 0 Å². The average Bonchev–Trinajstić information content (AvgIpc) is 2.99. The van der Waals surface area contributed by atoms with Gasteiger partial charge in [0.05, 0.1) is 43.5 Å². The molecule has 1 N–H and O–H groups in total. The molecule has 9 heteroatoms. The fourth-order valence-electron chi connectivity index (χ4n) is 5.94. The summed E-state index contributed by atoms with van der Waals surface area (Å²) < 4.78 is 28.0. The van der Waals surface area contributed by atoms with Crippen molar-refractivity contribution < 1.29 is 33.0 Å². The molecule has 0 fully saturated rings. The van der Waals surface area contributed by atoms with Gasteiger partial charge in [-0.25, -0.2) is 4.79 Å². The Balaban J connectivity index is 1.59. The van der Waals surface area contributed by atoms with Crippen molar-refractivity contribution in [1.29, 1.82) is 0 Å². The zero-order valence-corrected chi connectivity index (χ0v) is 25.2. The molecule has 2 aromatic carbocycles. The van der Waals surface area contributed by atoms with Crippen molar-refractivity contribution in [2.75, 3.05) is 33.5 Å². The van der Waals surface area contributed by atoms with Crippen molar-refractivity contribution in [1.82, 2.24) is 5.32 Å². The lowest BCUT2D eigenvalue weighted by molar-refractivity contribution is -0.140. The van der Waals surface area contributed by atoms with Gasteiger partial charge in [-0.05, 0) is 69.9 Å². The van der Waals surface area contributed by atoms with Gasteiger partial charge in [0.25, 0.3) is 0 Å². The van der Waals surface area contributed by atoms with Gasteiger partial charge in [-0.15, -0.1) is 0 Å². The highest BCUT2D eigenvalue weighted by Gasteiger charge is 2.43. The first-order valence-corrected chi connectivity index (χ1v) is 14.6. The molecule has 0 radical (unpaired) electrons. The number of ketones is 1.